The summed E-state index contributed by atoms with van der Waals surface area (Å²) in [6, 6.07) is 17.0. The molecule has 1 unspecified atom stereocenters. The molecule has 0 spiro atoms. The first-order chi connectivity index (χ1) is 19.5. The van der Waals surface area contributed by atoms with E-state index < -0.39 is 11.7 Å². The monoisotopic (exact) mass is 539 g/mol. The number of rotatable bonds is 7. The van der Waals surface area contributed by atoms with E-state index in [-0.39, 0.29) is 12.1 Å². The normalized spacial score (nSPS) is 22.4. The quantitative estimate of drug-likeness (QED) is 0.264. The van der Waals surface area contributed by atoms with E-state index in [1.165, 1.54) is 17.5 Å². The first-order valence-electron chi connectivity index (χ1n) is 14.4. The number of carbonyl (C=O) groups is 1. The van der Waals surface area contributed by atoms with Gasteiger partial charge in [-0.05, 0) is 74.1 Å². The Kier molecular flexibility index (Phi) is 7.09. The number of primary amides is 1. The molecule has 0 saturated heterocycles. The van der Waals surface area contributed by atoms with Gasteiger partial charge >= 0.3 is 6.09 Å². The van der Waals surface area contributed by atoms with E-state index in [0.29, 0.717) is 5.82 Å². The highest BCUT2D eigenvalue weighted by Gasteiger charge is 2.39. The number of anilines is 1. The number of fused-ring (bicyclic) bond motifs is 2. The molecule has 1 aliphatic heterocycles. The Morgan fingerprint density at radius 1 is 1.12 bits per heavy atom. The molecule has 1 atom stereocenters. The average Bonchev–Trinajstić information content (AvgIpc) is 3.37. The Hall–Kier alpha value is -4.07. The minimum atomic E-state index is -0.687. The summed E-state index contributed by atoms with van der Waals surface area (Å²) in [5.74, 6) is 1.38. The summed E-state index contributed by atoms with van der Waals surface area (Å²) in [5, 5.41) is 0.856. The molecule has 2 aromatic heterocycles. The maximum atomic E-state index is 11.7. The first-order valence-corrected chi connectivity index (χ1v) is 14.4. The molecule has 3 heterocycles. The van der Waals surface area contributed by atoms with Crippen molar-refractivity contribution < 1.29 is 14.3 Å². The van der Waals surface area contributed by atoms with E-state index in [1.54, 1.807) is 0 Å². The van der Waals surface area contributed by atoms with E-state index >= 15 is 0 Å². The number of ether oxygens (including phenoxy) is 2. The zero-order valence-electron chi connectivity index (χ0n) is 23.0. The van der Waals surface area contributed by atoms with E-state index in [2.05, 4.69) is 70.1 Å². The second kappa shape index (κ2) is 10.8. The van der Waals surface area contributed by atoms with Gasteiger partial charge in [-0.1, -0.05) is 55.8 Å². The van der Waals surface area contributed by atoms with Crippen LogP contribution in [0.15, 0.2) is 61.1 Å². The fourth-order valence-corrected chi connectivity index (χ4v) is 6.57. The molecular weight excluding hydrogens is 502 g/mol. The number of hydrogen-bond donors (Lipinski definition) is 2. The molecule has 2 aliphatic rings. The highest BCUT2D eigenvalue weighted by atomic mass is 16.6. The van der Waals surface area contributed by atoms with Gasteiger partial charge in [-0.3, -0.25) is 0 Å². The molecule has 1 amide bonds. The lowest BCUT2D eigenvalue weighted by Gasteiger charge is -2.39. The first kappa shape index (κ1) is 26.2. The van der Waals surface area contributed by atoms with Gasteiger partial charge in [0, 0.05) is 17.8 Å². The third-order valence-corrected chi connectivity index (χ3v) is 8.70. The highest BCUT2D eigenvalue weighted by Crippen LogP contribution is 2.44. The van der Waals surface area contributed by atoms with Crippen molar-refractivity contribution in [3.8, 4) is 16.9 Å². The Bertz CT molecular complexity index is 1510. The number of amides is 1. The van der Waals surface area contributed by atoms with Gasteiger partial charge < -0.3 is 25.5 Å². The van der Waals surface area contributed by atoms with Crippen molar-refractivity contribution in [2.24, 2.45) is 5.73 Å². The van der Waals surface area contributed by atoms with Gasteiger partial charge in [0.05, 0.1) is 5.39 Å². The molecule has 0 radical (unpaired) electrons. The van der Waals surface area contributed by atoms with E-state index in [0.717, 1.165) is 85.7 Å². The minimum Gasteiger partial charge on any atom is -0.485 e. The number of nitrogens with zero attached hydrogens (tertiary/aromatic N) is 3. The maximum Gasteiger partial charge on any atom is 0.405 e. The second-order valence-corrected chi connectivity index (χ2v) is 11.2. The maximum absolute atomic E-state index is 11.7. The van der Waals surface area contributed by atoms with Gasteiger partial charge in [-0.2, -0.15) is 0 Å². The van der Waals surface area contributed by atoms with Crippen LogP contribution in [0.25, 0.3) is 22.2 Å². The summed E-state index contributed by atoms with van der Waals surface area (Å²) < 4.78 is 14.5. The van der Waals surface area contributed by atoms with Crippen molar-refractivity contribution in [3.05, 3.63) is 72.2 Å². The third-order valence-electron chi connectivity index (χ3n) is 8.70. The van der Waals surface area contributed by atoms with Gasteiger partial charge in [0.15, 0.2) is 0 Å². The van der Waals surface area contributed by atoms with E-state index in [9.17, 15) is 4.79 Å². The van der Waals surface area contributed by atoms with Crippen LogP contribution in [0.4, 0.5) is 10.6 Å². The number of benzene rings is 2. The lowest BCUT2D eigenvalue weighted by Crippen LogP contribution is -2.41. The van der Waals surface area contributed by atoms with Crippen LogP contribution in [-0.2, 0) is 11.2 Å². The van der Waals surface area contributed by atoms with Crippen molar-refractivity contribution in [1.82, 2.24) is 14.5 Å². The molecule has 8 heteroatoms. The fraction of sp³-hybridized carbons (Fsp3) is 0.406. The molecule has 0 bridgehead atoms. The molecule has 8 nitrogen and oxygen atoms in total. The highest BCUT2D eigenvalue weighted by molar-refractivity contribution is 6.00. The van der Waals surface area contributed by atoms with Gasteiger partial charge in [0.25, 0.3) is 0 Å². The van der Waals surface area contributed by atoms with Crippen LogP contribution in [0.1, 0.15) is 81.6 Å². The molecule has 208 valence electrons. The van der Waals surface area contributed by atoms with E-state index in [4.69, 9.17) is 20.9 Å². The largest absolute Gasteiger partial charge is 0.485 e. The molecule has 1 aliphatic carbocycles. The van der Waals surface area contributed by atoms with Crippen LogP contribution >= 0.6 is 0 Å². The number of carbonyl (C=O) groups excluding carboxylic acids is 1. The van der Waals surface area contributed by atoms with Gasteiger partial charge in [0.1, 0.15) is 35.2 Å². The van der Waals surface area contributed by atoms with Crippen LogP contribution in [0.2, 0.25) is 0 Å². The Morgan fingerprint density at radius 2 is 1.93 bits per heavy atom. The zero-order chi connectivity index (χ0) is 27.7. The summed E-state index contributed by atoms with van der Waals surface area (Å²) in [6.45, 7) is 2.15. The SMILES string of the molecule is CCCCC1(OC(N)=O)CCC(n2cc(-c3ccc4c(c3)OC(c3ccccc3)CC4)c3c(N)ncnc32)CC1. The number of unbranched alkanes of at least 4 members (excludes halogenated alkanes) is 1. The topological polar surface area (TPSA) is 118 Å². The van der Waals surface area contributed by atoms with Crippen molar-refractivity contribution in [3.63, 3.8) is 0 Å². The lowest BCUT2D eigenvalue weighted by molar-refractivity contribution is -0.0283. The van der Waals surface area contributed by atoms with Crippen LogP contribution in [0.3, 0.4) is 0 Å². The lowest BCUT2D eigenvalue weighted by atomic mass is 9.79. The predicted octanol–water partition coefficient (Wildman–Crippen LogP) is 6.89. The van der Waals surface area contributed by atoms with Crippen LogP contribution in [0, 0.1) is 0 Å². The van der Waals surface area contributed by atoms with Crippen molar-refractivity contribution in [2.45, 2.75) is 82.5 Å². The van der Waals surface area contributed by atoms with Crippen molar-refractivity contribution in [1.29, 1.82) is 0 Å². The average molecular weight is 540 g/mol. The molecule has 40 heavy (non-hydrogen) atoms. The van der Waals surface area contributed by atoms with Crippen LogP contribution in [0.5, 0.6) is 5.75 Å². The summed E-state index contributed by atoms with van der Waals surface area (Å²) in [7, 11) is 0. The number of aromatic nitrogens is 3. The van der Waals surface area contributed by atoms with Gasteiger partial charge in [0.2, 0.25) is 0 Å². The van der Waals surface area contributed by atoms with Crippen LogP contribution in [-0.4, -0.2) is 26.2 Å². The standard InChI is InChI=1S/C32H37N5O3/c1-2-3-15-32(40-31(34)38)16-13-24(14-17-32)37-19-25(28-29(33)35-20-36-30(28)37)23-10-9-22-11-12-26(39-27(22)18-23)21-7-5-4-6-8-21/h4-10,18-20,24,26H,2-3,11-17H2,1H3,(H2,34,38)(H2,33,35,36). The summed E-state index contributed by atoms with van der Waals surface area (Å²) >= 11 is 0. The molecular formula is C32H37N5O3. The van der Waals surface area contributed by atoms with Crippen LogP contribution < -0.4 is 16.2 Å². The van der Waals surface area contributed by atoms with Gasteiger partial charge in [-0.15, -0.1) is 0 Å². The molecule has 1 saturated carbocycles. The molecule has 1 fully saturated rings. The number of nitrogens with two attached hydrogens (primary N) is 2. The smallest absolute Gasteiger partial charge is 0.405 e. The second-order valence-electron chi connectivity index (χ2n) is 11.2. The predicted molar refractivity (Wildman–Crippen MR) is 156 cm³/mol. The molecule has 6 rings (SSSR count). The Morgan fingerprint density at radius 3 is 2.67 bits per heavy atom. The number of aryl methyl sites for hydroxylation is 1. The van der Waals surface area contributed by atoms with E-state index in [1.807, 2.05) is 6.07 Å². The molecule has 4 aromatic rings. The Labute approximate surface area is 234 Å². The third kappa shape index (κ3) is 4.98. The molecule has 4 N–H and O–H groups in total. The summed E-state index contributed by atoms with van der Waals surface area (Å²) in [5.41, 5.74) is 16.7. The summed E-state index contributed by atoms with van der Waals surface area (Å²) in [6.07, 6.45) is 11.1. The van der Waals surface area contributed by atoms with Crippen molar-refractivity contribution in [2.75, 3.05) is 5.73 Å². The fourth-order valence-electron chi connectivity index (χ4n) is 6.57. The minimum absolute atomic E-state index is 0.0385. The summed E-state index contributed by atoms with van der Waals surface area (Å²) in [4.78, 5) is 20.7. The molecule has 2 aromatic carbocycles. The number of hydrogen-bond acceptors (Lipinski definition) is 6. The number of nitrogen functional groups attached to an aromatic ring is 1. The van der Waals surface area contributed by atoms with Crippen molar-refractivity contribution >= 4 is 22.9 Å². The van der Waals surface area contributed by atoms with Gasteiger partial charge in [-0.25, -0.2) is 14.8 Å². The Balaban J connectivity index is 1.32. The zero-order valence-corrected chi connectivity index (χ0v) is 23.0.